The second-order valence-electron chi connectivity index (χ2n) is 6.06. The van der Waals surface area contributed by atoms with Gasteiger partial charge in [0.25, 0.3) is 0 Å². The fourth-order valence-electron chi connectivity index (χ4n) is 2.90. The van der Waals surface area contributed by atoms with Crippen LogP contribution in [-0.4, -0.2) is 6.10 Å². The lowest BCUT2D eigenvalue weighted by molar-refractivity contribution is 0.0993. The fourth-order valence-corrected chi connectivity index (χ4v) is 2.90. The summed E-state index contributed by atoms with van der Waals surface area (Å²) in [6.07, 6.45) is 4.90. The maximum atomic E-state index is 6.25. The van der Waals surface area contributed by atoms with Crippen molar-refractivity contribution < 1.29 is 4.74 Å². The minimum atomic E-state index is 0.0798. The number of para-hydroxylation sites is 1. The molecule has 1 aromatic rings. The lowest BCUT2D eigenvalue weighted by Crippen LogP contribution is -2.29. The molecule has 0 spiro atoms. The summed E-state index contributed by atoms with van der Waals surface area (Å²) in [4.78, 5) is 0. The number of rotatable bonds is 4. The number of hydrogen-bond donors (Lipinski definition) is 1. The summed E-state index contributed by atoms with van der Waals surface area (Å²) in [6, 6.07) is 8.32. The molecule has 0 aromatic heterocycles. The van der Waals surface area contributed by atoms with Crippen LogP contribution in [0.25, 0.3) is 0 Å². The first kappa shape index (κ1) is 14.4. The number of nitrogens with two attached hydrogens (primary N) is 1. The van der Waals surface area contributed by atoms with Crippen molar-refractivity contribution in [1.29, 1.82) is 0 Å². The zero-order valence-electron chi connectivity index (χ0n) is 12.4. The van der Waals surface area contributed by atoms with Gasteiger partial charge in [-0.05, 0) is 43.6 Å². The molecule has 2 N–H and O–H groups in total. The summed E-state index contributed by atoms with van der Waals surface area (Å²) in [7, 11) is 0. The summed E-state index contributed by atoms with van der Waals surface area (Å²) in [5, 5.41) is 0. The monoisotopic (exact) mass is 261 g/mol. The van der Waals surface area contributed by atoms with Crippen molar-refractivity contribution in [2.75, 3.05) is 0 Å². The first-order valence-corrected chi connectivity index (χ1v) is 7.63. The standard InChI is InChI=1S/C17H27NO/c1-4-16(18)15-7-5-6-8-17(15)19-14-10-9-12(2)13(3)11-14/h5-8,12-14,16H,4,9-11,18H2,1-3H3/t12?,13?,14?,16-/m1/s1. The second-order valence-corrected chi connectivity index (χ2v) is 6.06. The van der Waals surface area contributed by atoms with Gasteiger partial charge in [0.1, 0.15) is 5.75 Å². The van der Waals surface area contributed by atoms with Crippen LogP contribution in [0, 0.1) is 11.8 Å². The topological polar surface area (TPSA) is 35.2 Å². The van der Waals surface area contributed by atoms with Gasteiger partial charge in [-0.25, -0.2) is 0 Å². The summed E-state index contributed by atoms with van der Waals surface area (Å²) >= 11 is 0. The predicted octanol–water partition coefficient (Wildman–Crippen LogP) is 4.30. The molecule has 2 nitrogen and oxygen atoms in total. The Balaban J connectivity index is 2.07. The molecule has 3 unspecified atom stereocenters. The van der Waals surface area contributed by atoms with Gasteiger partial charge in [0.05, 0.1) is 6.10 Å². The number of hydrogen-bond acceptors (Lipinski definition) is 2. The van der Waals surface area contributed by atoms with Crippen molar-refractivity contribution in [2.45, 2.75) is 58.6 Å². The first-order chi connectivity index (χ1) is 9.11. The summed E-state index contributed by atoms with van der Waals surface area (Å²) in [6.45, 7) is 6.80. The van der Waals surface area contributed by atoms with Crippen LogP contribution in [0.4, 0.5) is 0 Å². The van der Waals surface area contributed by atoms with Crippen molar-refractivity contribution in [3.05, 3.63) is 29.8 Å². The van der Waals surface area contributed by atoms with Gasteiger partial charge >= 0.3 is 0 Å². The van der Waals surface area contributed by atoms with Gasteiger partial charge in [0.2, 0.25) is 0 Å². The van der Waals surface area contributed by atoms with Crippen LogP contribution in [-0.2, 0) is 0 Å². The molecular formula is C17H27NO. The van der Waals surface area contributed by atoms with Gasteiger partial charge in [-0.3, -0.25) is 0 Å². The molecule has 1 aliphatic rings. The van der Waals surface area contributed by atoms with E-state index in [1.165, 1.54) is 12.8 Å². The summed E-state index contributed by atoms with van der Waals surface area (Å²) in [5.74, 6) is 2.57. The smallest absolute Gasteiger partial charge is 0.124 e. The largest absolute Gasteiger partial charge is 0.490 e. The van der Waals surface area contributed by atoms with E-state index >= 15 is 0 Å². The van der Waals surface area contributed by atoms with Crippen LogP contribution in [0.3, 0.4) is 0 Å². The molecule has 4 atom stereocenters. The summed E-state index contributed by atoms with van der Waals surface area (Å²) < 4.78 is 6.25. The van der Waals surface area contributed by atoms with Gasteiger partial charge in [0, 0.05) is 11.6 Å². The maximum Gasteiger partial charge on any atom is 0.124 e. The molecule has 0 amide bonds. The van der Waals surface area contributed by atoms with E-state index in [0.717, 1.165) is 36.0 Å². The minimum absolute atomic E-state index is 0.0798. The van der Waals surface area contributed by atoms with Crippen molar-refractivity contribution in [2.24, 2.45) is 17.6 Å². The fraction of sp³-hybridized carbons (Fsp3) is 0.647. The van der Waals surface area contributed by atoms with Crippen molar-refractivity contribution in [1.82, 2.24) is 0 Å². The summed E-state index contributed by atoms with van der Waals surface area (Å²) in [5.41, 5.74) is 7.32. The lowest BCUT2D eigenvalue weighted by atomic mass is 9.80. The van der Waals surface area contributed by atoms with Gasteiger partial charge in [0.15, 0.2) is 0 Å². The third kappa shape index (κ3) is 3.50. The average Bonchev–Trinajstić information content (AvgIpc) is 2.43. The Labute approximate surface area is 117 Å². The SMILES string of the molecule is CC[C@@H](N)c1ccccc1OC1CCC(C)C(C)C1. The molecule has 1 aliphatic carbocycles. The molecule has 0 radical (unpaired) electrons. The molecule has 106 valence electrons. The molecule has 0 aliphatic heterocycles. The van der Waals surface area contributed by atoms with E-state index in [1.54, 1.807) is 0 Å². The highest BCUT2D eigenvalue weighted by atomic mass is 16.5. The average molecular weight is 261 g/mol. The molecule has 1 saturated carbocycles. The molecule has 1 fully saturated rings. The maximum absolute atomic E-state index is 6.25. The van der Waals surface area contributed by atoms with Gasteiger partial charge < -0.3 is 10.5 Å². The first-order valence-electron chi connectivity index (χ1n) is 7.63. The Kier molecular flexibility index (Phi) is 4.87. The molecule has 1 aromatic carbocycles. The Hall–Kier alpha value is -1.02. The molecular weight excluding hydrogens is 234 g/mol. The van der Waals surface area contributed by atoms with Crippen LogP contribution in [0.2, 0.25) is 0 Å². The highest BCUT2D eigenvalue weighted by Crippen LogP contribution is 2.34. The van der Waals surface area contributed by atoms with Crippen LogP contribution < -0.4 is 10.5 Å². The Morgan fingerprint density at radius 1 is 1.21 bits per heavy atom. The predicted molar refractivity (Wildman–Crippen MR) is 80.3 cm³/mol. The number of ether oxygens (including phenoxy) is 1. The van der Waals surface area contributed by atoms with Crippen LogP contribution in [0.5, 0.6) is 5.75 Å². The van der Waals surface area contributed by atoms with Crippen molar-refractivity contribution in [3.63, 3.8) is 0 Å². The third-order valence-corrected chi connectivity index (χ3v) is 4.60. The van der Waals surface area contributed by atoms with Crippen LogP contribution in [0.1, 0.15) is 58.1 Å². The Bertz CT molecular complexity index is 404. The quantitative estimate of drug-likeness (QED) is 0.877. The van der Waals surface area contributed by atoms with Crippen LogP contribution in [0.15, 0.2) is 24.3 Å². The number of benzene rings is 1. The van der Waals surface area contributed by atoms with E-state index in [4.69, 9.17) is 10.5 Å². The van der Waals surface area contributed by atoms with E-state index in [2.05, 4.69) is 32.9 Å². The van der Waals surface area contributed by atoms with E-state index in [9.17, 15) is 0 Å². The van der Waals surface area contributed by atoms with E-state index in [0.29, 0.717) is 6.10 Å². The Morgan fingerprint density at radius 2 is 1.95 bits per heavy atom. The lowest BCUT2D eigenvalue weighted by Gasteiger charge is -2.33. The van der Waals surface area contributed by atoms with Gasteiger partial charge in [-0.1, -0.05) is 39.0 Å². The minimum Gasteiger partial charge on any atom is -0.490 e. The van der Waals surface area contributed by atoms with Crippen molar-refractivity contribution in [3.8, 4) is 5.75 Å². The van der Waals surface area contributed by atoms with Crippen LogP contribution >= 0.6 is 0 Å². The normalized spacial score (nSPS) is 28.9. The molecule has 0 saturated heterocycles. The highest BCUT2D eigenvalue weighted by molar-refractivity contribution is 5.35. The second kappa shape index (κ2) is 6.42. The van der Waals surface area contributed by atoms with E-state index in [-0.39, 0.29) is 6.04 Å². The Morgan fingerprint density at radius 3 is 2.63 bits per heavy atom. The van der Waals surface area contributed by atoms with E-state index < -0.39 is 0 Å². The molecule has 2 rings (SSSR count). The molecule has 0 bridgehead atoms. The van der Waals surface area contributed by atoms with Gasteiger partial charge in [-0.2, -0.15) is 0 Å². The zero-order valence-corrected chi connectivity index (χ0v) is 12.4. The molecule has 19 heavy (non-hydrogen) atoms. The van der Waals surface area contributed by atoms with E-state index in [1.807, 2.05) is 12.1 Å². The van der Waals surface area contributed by atoms with Gasteiger partial charge in [-0.15, -0.1) is 0 Å². The highest BCUT2D eigenvalue weighted by Gasteiger charge is 2.26. The zero-order chi connectivity index (χ0) is 13.8. The third-order valence-electron chi connectivity index (χ3n) is 4.60. The molecule has 0 heterocycles. The van der Waals surface area contributed by atoms with Crippen molar-refractivity contribution >= 4 is 0 Å². The molecule has 2 heteroatoms.